The van der Waals surface area contributed by atoms with E-state index in [4.69, 9.17) is 5.73 Å². The zero-order valence-corrected chi connectivity index (χ0v) is 11.0. The van der Waals surface area contributed by atoms with Gasteiger partial charge in [-0.15, -0.1) is 0 Å². The van der Waals surface area contributed by atoms with Crippen LogP contribution in [-0.2, 0) is 9.59 Å². The highest BCUT2D eigenvalue weighted by Crippen LogP contribution is 2.37. The molecule has 0 aromatic heterocycles. The van der Waals surface area contributed by atoms with E-state index in [0.29, 0.717) is 19.3 Å². The van der Waals surface area contributed by atoms with E-state index in [9.17, 15) is 9.59 Å². The molecular weight excluding hydrogens is 214 g/mol. The Hall–Kier alpha value is -0.860. The lowest BCUT2D eigenvalue weighted by atomic mass is 9.69. The van der Waals surface area contributed by atoms with Crippen molar-refractivity contribution in [1.29, 1.82) is 0 Å². The van der Waals surface area contributed by atoms with Gasteiger partial charge in [-0.3, -0.25) is 9.59 Å². The van der Waals surface area contributed by atoms with Crippen LogP contribution in [0.15, 0.2) is 0 Å². The summed E-state index contributed by atoms with van der Waals surface area (Å²) in [6.45, 7) is 2.18. The lowest BCUT2D eigenvalue weighted by molar-refractivity contribution is -0.143. The summed E-state index contributed by atoms with van der Waals surface area (Å²) in [5.74, 6) is -0.301. The third kappa shape index (κ3) is 3.55. The van der Waals surface area contributed by atoms with E-state index in [2.05, 4.69) is 6.92 Å². The van der Waals surface area contributed by atoms with Crippen LogP contribution in [0.25, 0.3) is 0 Å². The Morgan fingerprint density at radius 2 is 1.94 bits per heavy atom. The molecule has 0 aromatic rings. The number of ketones is 1. The SMILES string of the molecule is CCCCCCCC1(C(N)=O)CCCCC1=O. The molecule has 1 atom stereocenters. The van der Waals surface area contributed by atoms with Crippen LogP contribution in [0.3, 0.4) is 0 Å². The van der Waals surface area contributed by atoms with Crippen molar-refractivity contribution in [2.75, 3.05) is 0 Å². The van der Waals surface area contributed by atoms with Crippen LogP contribution in [0.2, 0.25) is 0 Å². The van der Waals surface area contributed by atoms with Crippen molar-refractivity contribution in [2.24, 2.45) is 11.1 Å². The van der Waals surface area contributed by atoms with E-state index in [1.54, 1.807) is 0 Å². The second-order valence-electron chi connectivity index (χ2n) is 5.24. The van der Waals surface area contributed by atoms with Crippen LogP contribution >= 0.6 is 0 Å². The topological polar surface area (TPSA) is 60.2 Å². The Kier molecular flexibility index (Phi) is 5.66. The highest BCUT2D eigenvalue weighted by molar-refractivity contribution is 6.05. The van der Waals surface area contributed by atoms with Crippen LogP contribution in [0, 0.1) is 5.41 Å². The molecule has 0 spiro atoms. The Morgan fingerprint density at radius 3 is 2.53 bits per heavy atom. The average Bonchev–Trinajstić information content (AvgIpc) is 2.31. The number of hydrogen-bond donors (Lipinski definition) is 1. The molecule has 2 N–H and O–H groups in total. The summed E-state index contributed by atoms with van der Waals surface area (Å²) in [5.41, 5.74) is 4.66. The van der Waals surface area contributed by atoms with Gasteiger partial charge in [0.05, 0.1) is 0 Å². The maximum Gasteiger partial charge on any atom is 0.231 e. The van der Waals surface area contributed by atoms with Gasteiger partial charge in [0.25, 0.3) is 0 Å². The molecule has 0 bridgehead atoms. The summed E-state index contributed by atoms with van der Waals surface area (Å²) >= 11 is 0. The maximum atomic E-state index is 12.0. The Balaban J connectivity index is 2.48. The van der Waals surface area contributed by atoms with Gasteiger partial charge in [-0.1, -0.05) is 45.4 Å². The van der Waals surface area contributed by atoms with Crippen molar-refractivity contribution in [2.45, 2.75) is 71.1 Å². The van der Waals surface area contributed by atoms with Crippen molar-refractivity contribution in [1.82, 2.24) is 0 Å². The van der Waals surface area contributed by atoms with E-state index < -0.39 is 11.3 Å². The van der Waals surface area contributed by atoms with E-state index in [0.717, 1.165) is 25.7 Å². The Labute approximate surface area is 104 Å². The highest BCUT2D eigenvalue weighted by Gasteiger charge is 2.44. The van der Waals surface area contributed by atoms with Crippen molar-refractivity contribution < 1.29 is 9.59 Å². The van der Waals surface area contributed by atoms with Gasteiger partial charge in [0.2, 0.25) is 5.91 Å². The quantitative estimate of drug-likeness (QED) is 0.548. The number of Topliss-reactive ketones (excluding diaryl/α,β-unsaturated/α-hetero) is 1. The van der Waals surface area contributed by atoms with E-state index >= 15 is 0 Å². The zero-order valence-electron chi connectivity index (χ0n) is 11.0. The van der Waals surface area contributed by atoms with Crippen molar-refractivity contribution in [3.05, 3.63) is 0 Å². The van der Waals surface area contributed by atoms with Crippen LogP contribution in [-0.4, -0.2) is 11.7 Å². The number of carbonyl (C=O) groups is 2. The fourth-order valence-electron chi connectivity index (χ4n) is 2.77. The molecule has 0 heterocycles. The molecule has 1 rings (SSSR count). The number of amides is 1. The summed E-state index contributed by atoms with van der Waals surface area (Å²) in [6.07, 6.45) is 9.47. The fourth-order valence-corrected chi connectivity index (χ4v) is 2.77. The number of unbranched alkanes of at least 4 members (excludes halogenated alkanes) is 4. The van der Waals surface area contributed by atoms with Gasteiger partial charge < -0.3 is 5.73 Å². The molecule has 98 valence electrons. The molecular formula is C14H25NO2. The number of hydrogen-bond acceptors (Lipinski definition) is 2. The molecule has 1 saturated carbocycles. The first kappa shape index (κ1) is 14.2. The van der Waals surface area contributed by atoms with E-state index in [-0.39, 0.29) is 5.78 Å². The molecule has 3 heteroatoms. The second-order valence-corrected chi connectivity index (χ2v) is 5.24. The standard InChI is InChI=1S/C14H25NO2/c1-2-3-4-5-7-10-14(13(15)17)11-8-6-9-12(14)16/h2-11H2,1H3,(H2,15,17). The summed E-state index contributed by atoms with van der Waals surface area (Å²) in [6, 6.07) is 0. The lowest BCUT2D eigenvalue weighted by Gasteiger charge is -2.32. The first-order valence-corrected chi connectivity index (χ1v) is 6.96. The Morgan fingerprint density at radius 1 is 1.24 bits per heavy atom. The first-order valence-electron chi connectivity index (χ1n) is 6.96. The van der Waals surface area contributed by atoms with Gasteiger partial charge >= 0.3 is 0 Å². The summed E-state index contributed by atoms with van der Waals surface area (Å²) in [7, 11) is 0. The van der Waals surface area contributed by atoms with Gasteiger partial charge in [0, 0.05) is 6.42 Å². The minimum atomic E-state index is -0.815. The number of rotatable bonds is 7. The van der Waals surface area contributed by atoms with E-state index in [1.807, 2.05) is 0 Å². The van der Waals surface area contributed by atoms with Crippen LogP contribution < -0.4 is 5.73 Å². The van der Waals surface area contributed by atoms with E-state index in [1.165, 1.54) is 19.3 Å². The normalized spacial score (nSPS) is 24.9. The smallest absolute Gasteiger partial charge is 0.231 e. The minimum absolute atomic E-state index is 0.0896. The molecule has 1 fully saturated rings. The molecule has 0 aliphatic heterocycles. The van der Waals surface area contributed by atoms with Gasteiger partial charge in [-0.25, -0.2) is 0 Å². The molecule has 17 heavy (non-hydrogen) atoms. The minimum Gasteiger partial charge on any atom is -0.369 e. The van der Waals surface area contributed by atoms with Gasteiger partial charge in [-0.05, 0) is 19.3 Å². The highest BCUT2D eigenvalue weighted by atomic mass is 16.2. The molecule has 0 saturated heterocycles. The lowest BCUT2D eigenvalue weighted by Crippen LogP contribution is -2.45. The number of carbonyl (C=O) groups excluding carboxylic acids is 2. The van der Waals surface area contributed by atoms with Crippen LogP contribution in [0.1, 0.15) is 71.1 Å². The van der Waals surface area contributed by atoms with Crippen molar-refractivity contribution in [3.63, 3.8) is 0 Å². The number of primary amides is 1. The Bertz CT molecular complexity index is 275. The third-order valence-corrected chi connectivity index (χ3v) is 3.97. The molecule has 1 aliphatic carbocycles. The van der Waals surface area contributed by atoms with Crippen molar-refractivity contribution >= 4 is 11.7 Å². The third-order valence-electron chi connectivity index (χ3n) is 3.97. The summed E-state index contributed by atoms with van der Waals surface area (Å²) in [5, 5.41) is 0. The average molecular weight is 239 g/mol. The van der Waals surface area contributed by atoms with Crippen molar-refractivity contribution in [3.8, 4) is 0 Å². The van der Waals surface area contributed by atoms with Gasteiger partial charge in [-0.2, -0.15) is 0 Å². The second kappa shape index (κ2) is 6.77. The monoisotopic (exact) mass is 239 g/mol. The molecule has 1 unspecified atom stereocenters. The molecule has 1 amide bonds. The predicted octanol–water partition coefficient (Wildman–Crippen LogP) is 2.96. The first-order chi connectivity index (χ1) is 8.13. The maximum absolute atomic E-state index is 12.0. The molecule has 0 radical (unpaired) electrons. The molecule has 0 aromatic carbocycles. The fraction of sp³-hybridized carbons (Fsp3) is 0.857. The summed E-state index contributed by atoms with van der Waals surface area (Å²) in [4.78, 5) is 23.6. The van der Waals surface area contributed by atoms with Crippen LogP contribution in [0.5, 0.6) is 0 Å². The molecule has 1 aliphatic rings. The van der Waals surface area contributed by atoms with Gasteiger partial charge in [0.15, 0.2) is 0 Å². The van der Waals surface area contributed by atoms with Crippen LogP contribution in [0.4, 0.5) is 0 Å². The number of nitrogens with two attached hydrogens (primary N) is 1. The summed E-state index contributed by atoms with van der Waals surface area (Å²) < 4.78 is 0. The zero-order chi connectivity index (χ0) is 12.7. The molecule has 3 nitrogen and oxygen atoms in total. The largest absolute Gasteiger partial charge is 0.369 e. The predicted molar refractivity (Wildman–Crippen MR) is 68.5 cm³/mol. The van der Waals surface area contributed by atoms with Gasteiger partial charge in [0.1, 0.15) is 11.2 Å².